The van der Waals surface area contributed by atoms with Gasteiger partial charge in [-0.15, -0.1) is 11.3 Å². The van der Waals surface area contributed by atoms with Gasteiger partial charge in [0, 0.05) is 17.0 Å². The molecule has 2 aromatic rings. The zero-order valence-corrected chi connectivity index (χ0v) is 16.8. The van der Waals surface area contributed by atoms with Crippen LogP contribution in [0.5, 0.6) is 0 Å². The van der Waals surface area contributed by atoms with Gasteiger partial charge >= 0.3 is 0 Å². The average Bonchev–Trinajstić information content (AvgIpc) is 3.26. The highest BCUT2D eigenvalue weighted by molar-refractivity contribution is 7.10. The minimum absolute atomic E-state index is 0.0900. The van der Waals surface area contributed by atoms with Gasteiger partial charge in [-0.05, 0) is 48.9 Å². The molecule has 5 heteroatoms. The van der Waals surface area contributed by atoms with Crippen LogP contribution < -0.4 is 0 Å². The molecule has 1 amide bonds. The van der Waals surface area contributed by atoms with Crippen molar-refractivity contribution in [2.24, 2.45) is 0 Å². The number of aryl methyl sites for hydroxylation is 2. The lowest BCUT2D eigenvalue weighted by Gasteiger charge is -2.24. The van der Waals surface area contributed by atoms with Gasteiger partial charge in [-0.1, -0.05) is 38.0 Å². The molecule has 0 spiro atoms. The quantitative estimate of drug-likeness (QED) is 0.331. The first-order chi connectivity index (χ1) is 13.0. The first-order valence-corrected chi connectivity index (χ1v) is 10.2. The lowest BCUT2D eigenvalue weighted by molar-refractivity contribution is -0.139. The van der Waals surface area contributed by atoms with E-state index >= 15 is 0 Å². The van der Waals surface area contributed by atoms with Crippen LogP contribution in [0.2, 0.25) is 0 Å². The molecule has 0 saturated carbocycles. The van der Waals surface area contributed by atoms with Crippen LogP contribution in [0.4, 0.5) is 0 Å². The lowest BCUT2D eigenvalue weighted by atomic mass is 9.97. The summed E-state index contributed by atoms with van der Waals surface area (Å²) in [5, 5.41) is 12.9. The maximum absolute atomic E-state index is 12.8. The Morgan fingerprint density at radius 2 is 1.93 bits per heavy atom. The number of benzene rings is 1. The summed E-state index contributed by atoms with van der Waals surface area (Å²) in [6.45, 7) is 6.58. The van der Waals surface area contributed by atoms with E-state index in [0.29, 0.717) is 12.1 Å². The Kier molecular flexibility index (Phi) is 5.80. The number of hydrogen-bond donors (Lipinski definition) is 1. The van der Waals surface area contributed by atoms with Crippen molar-refractivity contribution in [3.63, 3.8) is 0 Å². The Morgan fingerprint density at radius 1 is 1.15 bits per heavy atom. The summed E-state index contributed by atoms with van der Waals surface area (Å²) in [4.78, 5) is 28.0. The van der Waals surface area contributed by atoms with Gasteiger partial charge in [0.2, 0.25) is 0 Å². The van der Waals surface area contributed by atoms with E-state index in [4.69, 9.17) is 0 Å². The number of aliphatic hydroxyl groups is 1. The Balaban J connectivity index is 2.09. The fraction of sp³-hybridized carbons (Fsp3) is 0.364. The Bertz CT molecular complexity index is 883. The van der Waals surface area contributed by atoms with Gasteiger partial charge in [0.1, 0.15) is 5.76 Å². The van der Waals surface area contributed by atoms with Gasteiger partial charge < -0.3 is 10.0 Å². The molecule has 142 valence electrons. The molecule has 2 heterocycles. The average molecular weight is 384 g/mol. The smallest absolute Gasteiger partial charge is 0.295 e. The van der Waals surface area contributed by atoms with E-state index in [1.807, 2.05) is 43.5 Å². The second-order valence-electron chi connectivity index (χ2n) is 7.01. The van der Waals surface area contributed by atoms with Crippen LogP contribution in [0.3, 0.4) is 0 Å². The van der Waals surface area contributed by atoms with Gasteiger partial charge in [0.05, 0.1) is 11.6 Å². The topological polar surface area (TPSA) is 57.6 Å². The number of hydrogen-bond acceptors (Lipinski definition) is 4. The van der Waals surface area contributed by atoms with E-state index < -0.39 is 17.7 Å². The number of rotatable bonds is 6. The van der Waals surface area contributed by atoms with Crippen LogP contribution in [0.15, 0.2) is 41.3 Å². The van der Waals surface area contributed by atoms with Gasteiger partial charge in [0.25, 0.3) is 11.7 Å². The van der Waals surface area contributed by atoms with E-state index in [-0.39, 0.29) is 11.3 Å². The highest BCUT2D eigenvalue weighted by Crippen LogP contribution is 2.41. The normalized spacial score (nSPS) is 19.1. The number of Topliss-reactive ketones (excluding diaryl/α,β-unsaturated/α-hetero) is 1. The summed E-state index contributed by atoms with van der Waals surface area (Å²) in [5.41, 5.74) is 2.92. The van der Waals surface area contributed by atoms with E-state index in [2.05, 4.69) is 6.92 Å². The molecule has 4 nitrogen and oxygen atoms in total. The molecule has 1 aromatic carbocycles. The first kappa shape index (κ1) is 19.4. The van der Waals surface area contributed by atoms with Crippen molar-refractivity contribution < 1.29 is 14.7 Å². The fourth-order valence-corrected chi connectivity index (χ4v) is 4.28. The van der Waals surface area contributed by atoms with E-state index in [1.165, 1.54) is 11.3 Å². The van der Waals surface area contributed by atoms with Gasteiger partial charge in [-0.2, -0.15) is 0 Å². The van der Waals surface area contributed by atoms with Crippen LogP contribution >= 0.6 is 11.3 Å². The third-order valence-electron chi connectivity index (χ3n) is 5.14. The molecule has 1 fully saturated rings. The van der Waals surface area contributed by atoms with Crippen molar-refractivity contribution in [1.82, 2.24) is 4.90 Å². The molecule has 0 bridgehead atoms. The largest absolute Gasteiger partial charge is 0.507 e. The van der Waals surface area contributed by atoms with E-state index in [9.17, 15) is 14.7 Å². The van der Waals surface area contributed by atoms with Gasteiger partial charge in [0.15, 0.2) is 0 Å². The monoisotopic (exact) mass is 383 g/mol. The second kappa shape index (κ2) is 8.09. The Hall–Kier alpha value is -2.40. The minimum atomic E-state index is -0.597. The number of nitrogens with zero attached hydrogens (tertiary/aromatic N) is 1. The van der Waals surface area contributed by atoms with Gasteiger partial charge in [-0.3, -0.25) is 9.59 Å². The highest BCUT2D eigenvalue weighted by atomic mass is 32.1. The van der Waals surface area contributed by atoms with Crippen LogP contribution in [-0.2, 0) is 9.59 Å². The number of thiophene rings is 1. The summed E-state index contributed by atoms with van der Waals surface area (Å²) >= 11 is 1.50. The standard InChI is InChI=1S/C22H25NO3S/c1-4-5-6-11-23-19(17-8-7-12-27-17)18(21(25)22(23)26)20(24)16-10-9-14(2)15(3)13-16/h7-10,12-13,19,24H,4-6,11H2,1-3H3/b20-18-. The summed E-state index contributed by atoms with van der Waals surface area (Å²) in [5.74, 6) is -1.21. The first-order valence-electron chi connectivity index (χ1n) is 9.35. The second-order valence-corrected chi connectivity index (χ2v) is 7.99. The maximum Gasteiger partial charge on any atom is 0.295 e. The summed E-state index contributed by atoms with van der Waals surface area (Å²) < 4.78 is 0. The zero-order valence-electron chi connectivity index (χ0n) is 16.0. The minimum Gasteiger partial charge on any atom is -0.507 e. The van der Waals surface area contributed by atoms with Gasteiger partial charge in [-0.25, -0.2) is 0 Å². The van der Waals surface area contributed by atoms with Crippen molar-refractivity contribution in [2.45, 2.75) is 46.1 Å². The molecule has 1 unspecified atom stereocenters. The van der Waals surface area contributed by atoms with Crippen LogP contribution in [0.1, 0.15) is 53.8 Å². The maximum atomic E-state index is 12.8. The summed E-state index contributed by atoms with van der Waals surface area (Å²) in [6.07, 6.45) is 2.88. The molecule has 0 radical (unpaired) electrons. The SMILES string of the molecule is CCCCCN1C(=O)C(=O)/C(=C(\O)c2ccc(C)c(C)c2)C1c1cccs1. The number of unbranched alkanes of at least 4 members (excludes halogenated alkanes) is 2. The number of ketones is 1. The summed E-state index contributed by atoms with van der Waals surface area (Å²) in [7, 11) is 0. The molecule has 1 aliphatic heterocycles. The third kappa shape index (κ3) is 3.69. The predicted octanol–water partition coefficient (Wildman–Crippen LogP) is 4.98. The van der Waals surface area contributed by atoms with Crippen molar-refractivity contribution in [2.75, 3.05) is 6.54 Å². The van der Waals surface area contributed by atoms with Crippen molar-refractivity contribution >= 4 is 28.8 Å². The molecule has 1 aromatic heterocycles. The van der Waals surface area contributed by atoms with Crippen molar-refractivity contribution in [1.29, 1.82) is 0 Å². The molecule has 1 saturated heterocycles. The number of aliphatic hydroxyl groups excluding tert-OH is 1. The molecular formula is C22H25NO3S. The Morgan fingerprint density at radius 3 is 2.56 bits per heavy atom. The van der Waals surface area contributed by atoms with E-state index in [1.54, 1.807) is 11.0 Å². The summed E-state index contributed by atoms with van der Waals surface area (Å²) in [6, 6.07) is 8.89. The van der Waals surface area contributed by atoms with Crippen LogP contribution in [0, 0.1) is 13.8 Å². The molecule has 1 aliphatic rings. The fourth-order valence-electron chi connectivity index (χ4n) is 3.43. The van der Waals surface area contributed by atoms with Crippen molar-refractivity contribution in [3.05, 3.63) is 62.9 Å². The molecule has 1 N–H and O–H groups in total. The number of carbonyl (C=O) groups excluding carboxylic acids is 2. The van der Waals surface area contributed by atoms with Crippen LogP contribution in [-0.4, -0.2) is 28.2 Å². The lowest BCUT2D eigenvalue weighted by Crippen LogP contribution is -2.30. The van der Waals surface area contributed by atoms with Crippen LogP contribution in [0.25, 0.3) is 5.76 Å². The third-order valence-corrected chi connectivity index (χ3v) is 6.06. The number of likely N-dealkylation sites (tertiary alicyclic amines) is 1. The molecular weight excluding hydrogens is 358 g/mol. The molecule has 0 aliphatic carbocycles. The van der Waals surface area contributed by atoms with Crippen molar-refractivity contribution in [3.8, 4) is 0 Å². The number of amides is 1. The molecule has 27 heavy (non-hydrogen) atoms. The molecule has 1 atom stereocenters. The van der Waals surface area contributed by atoms with E-state index in [0.717, 1.165) is 35.3 Å². The number of carbonyl (C=O) groups is 2. The highest BCUT2D eigenvalue weighted by Gasteiger charge is 2.46. The zero-order chi connectivity index (χ0) is 19.6. The Labute approximate surface area is 164 Å². The molecule has 3 rings (SSSR count). The predicted molar refractivity (Wildman–Crippen MR) is 109 cm³/mol.